The van der Waals surface area contributed by atoms with E-state index >= 15 is 0 Å². The first kappa shape index (κ1) is 10.9. The maximum Gasteiger partial charge on any atom is 0.270 e. The predicted molar refractivity (Wildman–Crippen MR) is 70.1 cm³/mol. The second kappa shape index (κ2) is 4.22. The number of rotatable bonds is 1. The first-order valence-electron chi connectivity index (χ1n) is 6.04. The number of fused-ring (bicyclic) bond motifs is 1. The van der Waals surface area contributed by atoms with Crippen LogP contribution in [-0.4, -0.2) is 22.3 Å². The number of benzene rings is 1. The molecule has 0 unspecified atom stereocenters. The van der Waals surface area contributed by atoms with E-state index in [1.807, 2.05) is 23.1 Å². The van der Waals surface area contributed by atoms with Crippen molar-refractivity contribution in [3.63, 3.8) is 0 Å². The van der Waals surface area contributed by atoms with Gasteiger partial charge in [0.05, 0.1) is 0 Å². The van der Waals surface area contributed by atoms with E-state index in [1.54, 1.807) is 12.3 Å². The van der Waals surface area contributed by atoms with Crippen molar-refractivity contribution >= 4 is 11.6 Å². The van der Waals surface area contributed by atoms with Crippen LogP contribution in [0.3, 0.4) is 0 Å². The van der Waals surface area contributed by atoms with Gasteiger partial charge in [-0.3, -0.25) is 4.79 Å². The molecule has 0 bridgehead atoms. The van der Waals surface area contributed by atoms with Gasteiger partial charge in [0, 0.05) is 25.0 Å². The van der Waals surface area contributed by atoms with Crippen LogP contribution < -0.4 is 5.73 Å². The topological polar surface area (TPSA) is 62.1 Å². The fraction of sp³-hybridized carbons (Fsp3) is 0.214. The van der Waals surface area contributed by atoms with Crippen molar-refractivity contribution in [2.24, 2.45) is 0 Å². The number of nitrogen functional groups attached to an aromatic ring is 1. The molecule has 0 fully saturated rings. The zero-order chi connectivity index (χ0) is 12.5. The van der Waals surface area contributed by atoms with Gasteiger partial charge in [-0.25, -0.2) is 0 Å². The lowest BCUT2D eigenvalue weighted by Crippen LogP contribution is -2.36. The molecule has 1 aromatic heterocycles. The zero-order valence-corrected chi connectivity index (χ0v) is 10.0. The van der Waals surface area contributed by atoms with Crippen molar-refractivity contribution < 1.29 is 4.79 Å². The number of carbonyl (C=O) groups is 1. The first-order valence-corrected chi connectivity index (χ1v) is 6.04. The number of carbonyl (C=O) groups excluding carboxylic acids is 1. The molecule has 0 radical (unpaired) electrons. The van der Waals surface area contributed by atoms with Crippen LogP contribution in [0, 0.1) is 0 Å². The van der Waals surface area contributed by atoms with E-state index in [9.17, 15) is 4.79 Å². The molecule has 92 valence electrons. The highest BCUT2D eigenvalue weighted by Crippen LogP contribution is 2.24. The van der Waals surface area contributed by atoms with Gasteiger partial charge in [-0.1, -0.05) is 12.1 Å². The number of anilines is 1. The summed E-state index contributed by atoms with van der Waals surface area (Å²) >= 11 is 0. The second-order valence-corrected chi connectivity index (χ2v) is 4.55. The minimum absolute atomic E-state index is 0.0360. The van der Waals surface area contributed by atoms with Gasteiger partial charge in [0.15, 0.2) is 0 Å². The average molecular weight is 241 g/mol. The molecule has 1 aliphatic rings. The molecule has 0 spiro atoms. The highest BCUT2D eigenvalue weighted by molar-refractivity contribution is 5.92. The number of nitrogens with one attached hydrogen (secondary N) is 1. The maximum atomic E-state index is 12.2. The Labute approximate surface area is 105 Å². The molecule has 1 amide bonds. The Morgan fingerprint density at radius 3 is 2.94 bits per heavy atom. The van der Waals surface area contributed by atoms with Crippen molar-refractivity contribution in [3.8, 4) is 0 Å². The molecule has 0 saturated carbocycles. The summed E-state index contributed by atoms with van der Waals surface area (Å²) in [6.07, 6.45) is 2.63. The quantitative estimate of drug-likeness (QED) is 0.748. The van der Waals surface area contributed by atoms with Gasteiger partial charge in [0.25, 0.3) is 5.91 Å². The minimum atomic E-state index is 0.0360. The number of amides is 1. The Morgan fingerprint density at radius 2 is 2.17 bits per heavy atom. The lowest BCUT2D eigenvalue weighted by molar-refractivity contribution is 0.0730. The smallest absolute Gasteiger partial charge is 0.270 e. The number of nitrogens with zero attached hydrogens (tertiary/aromatic N) is 1. The SMILES string of the molecule is Nc1cccc2c1CN(C(=O)c1ccc[nH]1)CC2. The highest BCUT2D eigenvalue weighted by atomic mass is 16.2. The van der Waals surface area contributed by atoms with Crippen molar-refractivity contribution in [1.82, 2.24) is 9.88 Å². The van der Waals surface area contributed by atoms with Gasteiger partial charge >= 0.3 is 0 Å². The third-order valence-electron chi connectivity index (χ3n) is 3.42. The summed E-state index contributed by atoms with van der Waals surface area (Å²) in [5, 5.41) is 0. The summed E-state index contributed by atoms with van der Waals surface area (Å²) in [7, 11) is 0. The van der Waals surface area contributed by atoms with E-state index in [0.29, 0.717) is 12.2 Å². The van der Waals surface area contributed by atoms with Crippen LogP contribution in [0.4, 0.5) is 5.69 Å². The molecule has 3 rings (SSSR count). The van der Waals surface area contributed by atoms with Crippen LogP contribution in [0.5, 0.6) is 0 Å². The van der Waals surface area contributed by atoms with E-state index in [1.165, 1.54) is 5.56 Å². The summed E-state index contributed by atoms with van der Waals surface area (Å²) in [4.78, 5) is 17.0. The monoisotopic (exact) mass is 241 g/mol. The number of nitrogens with two attached hydrogens (primary N) is 1. The standard InChI is InChI=1S/C14H15N3O/c15-12-4-1-3-10-6-8-17(9-11(10)12)14(18)13-5-2-7-16-13/h1-5,7,16H,6,8-9,15H2. The zero-order valence-electron chi connectivity index (χ0n) is 10.0. The summed E-state index contributed by atoms with van der Waals surface area (Å²) < 4.78 is 0. The van der Waals surface area contributed by atoms with Gasteiger partial charge in [-0.2, -0.15) is 0 Å². The Kier molecular flexibility index (Phi) is 2.55. The Balaban J connectivity index is 1.87. The maximum absolute atomic E-state index is 12.2. The van der Waals surface area contributed by atoms with Crippen molar-refractivity contribution in [3.05, 3.63) is 53.3 Å². The fourth-order valence-corrected chi connectivity index (χ4v) is 2.41. The van der Waals surface area contributed by atoms with Crippen molar-refractivity contribution in [2.45, 2.75) is 13.0 Å². The lowest BCUT2D eigenvalue weighted by atomic mass is 9.98. The Bertz CT molecular complexity index is 575. The average Bonchev–Trinajstić information content (AvgIpc) is 2.92. The number of aromatic nitrogens is 1. The van der Waals surface area contributed by atoms with E-state index in [2.05, 4.69) is 11.1 Å². The number of hydrogen-bond acceptors (Lipinski definition) is 2. The number of hydrogen-bond donors (Lipinski definition) is 2. The summed E-state index contributed by atoms with van der Waals surface area (Å²) in [5.74, 6) is 0.0360. The summed E-state index contributed by atoms with van der Waals surface area (Å²) in [6.45, 7) is 1.34. The molecule has 4 nitrogen and oxygen atoms in total. The Hall–Kier alpha value is -2.23. The summed E-state index contributed by atoms with van der Waals surface area (Å²) in [6, 6.07) is 9.58. The third kappa shape index (κ3) is 1.76. The van der Waals surface area contributed by atoms with Crippen LogP contribution in [0.15, 0.2) is 36.5 Å². The van der Waals surface area contributed by atoms with Gasteiger partial charge in [-0.15, -0.1) is 0 Å². The third-order valence-corrected chi connectivity index (χ3v) is 3.42. The largest absolute Gasteiger partial charge is 0.398 e. The molecule has 2 heterocycles. The number of aromatic amines is 1. The minimum Gasteiger partial charge on any atom is -0.398 e. The van der Waals surface area contributed by atoms with Crippen LogP contribution in [0.25, 0.3) is 0 Å². The molecule has 1 aromatic carbocycles. The van der Waals surface area contributed by atoms with E-state index in [0.717, 1.165) is 24.2 Å². The molecular formula is C14H15N3O. The predicted octanol–water partition coefficient (Wildman–Crippen LogP) is 1.80. The second-order valence-electron chi connectivity index (χ2n) is 4.55. The van der Waals surface area contributed by atoms with Crippen LogP contribution in [0.2, 0.25) is 0 Å². The molecule has 3 N–H and O–H groups in total. The normalized spacial score (nSPS) is 14.3. The summed E-state index contributed by atoms with van der Waals surface area (Å²) in [5.41, 5.74) is 9.73. The van der Waals surface area contributed by atoms with Crippen LogP contribution >= 0.6 is 0 Å². The van der Waals surface area contributed by atoms with Crippen molar-refractivity contribution in [1.29, 1.82) is 0 Å². The molecule has 0 saturated heterocycles. The Morgan fingerprint density at radius 1 is 1.28 bits per heavy atom. The van der Waals surface area contributed by atoms with Crippen LogP contribution in [-0.2, 0) is 13.0 Å². The van der Waals surface area contributed by atoms with E-state index in [4.69, 9.17) is 5.73 Å². The molecule has 4 heteroatoms. The van der Waals surface area contributed by atoms with E-state index in [-0.39, 0.29) is 5.91 Å². The van der Waals surface area contributed by atoms with E-state index < -0.39 is 0 Å². The van der Waals surface area contributed by atoms with Gasteiger partial charge in [0.1, 0.15) is 5.69 Å². The fourth-order valence-electron chi connectivity index (χ4n) is 2.41. The molecule has 1 aliphatic heterocycles. The van der Waals surface area contributed by atoms with Crippen LogP contribution in [0.1, 0.15) is 21.6 Å². The molecule has 2 aromatic rings. The lowest BCUT2D eigenvalue weighted by Gasteiger charge is -2.29. The molecular weight excluding hydrogens is 226 g/mol. The molecule has 0 atom stereocenters. The highest BCUT2D eigenvalue weighted by Gasteiger charge is 2.23. The number of H-pyrrole nitrogens is 1. The van der Waals surface area contributed by atoms with Gasteiger partial charge in [0.2, 0.25) is 0 Å². The first-order chi connectivity index (χ1) is 8.75. The van der Waals surface area contributed by atoms with Crippen molar-refractivity contribution in [2.75, 3.05) is 12.3 Å². The van der Waals surface area contributed by atoms with Gasteiger partial charge in [-0.05, 0) is 35.7 Å². The molecule has 18 heavy (non-hydrogen) atoms. The van der Waals surface area contributed by atoms with Gasteiger partial charge < -0.3 is 15.6 Å². The molecule has 0 aliphatic carbocycles.